The minimum atomic E-state index is -0.101. The molecule has 0 spiro atoms. The van der Waals surface area contributed by atoms with Gasteiger partial charge in [0.15, 0.2) is 5.82 Å². The fourth-order valence-corrected chi connectivity index (χ4v) is 2.17. The second-order valence-corrected chi connectivity index (χ2v) is 4.77. The molecule has 0 aliphatic heterocycles. The molecule has 2 heterocycles. The SMILES string of the molecule is CCc1nc(-c2cccc(C)n2)[nH]c(=O)c1I. The molecule has 0 unspecified atom stereocenters. The molecule has 0 radical (unpaired) electrons. The summed E-state index contributed by atoms with van der Waals surface area (Å²) < 4.78 is 0.654. The molecule has 0 aliphatic carbocycles. The molecule has 0 fully saturated rings. The zero-order valence-electron chi connectivity index (χ0n) is 9.62. The van der Waals surface area contributed by atoms with Gasteiger partial charge >= 0.3 is 0 Å². The number of aryl methyl sites for hydroxylation is 2. The van der Waals surface area contributed by atoms with Crippen molar-refractivity contribution in [3.63, 3.8) is 0 Å². The minimum Gasteiger partial charge on any atom is -0.304 e. The highest BCUT2D eigenvalue weighted by Crippen LogP contribution is 2.13. The van der Waals surface area contributed by atoms with E-state index < -0.39 is 0 Å². The number of rotatable bonds is 2. The van der Waals surface area contributed by atoms with Crippen LogP contribution in [0.5, 0.6) is 0 Å². The van der Waals surface area contributed by atoms with Crippen LogP contribution in [0.4, 0.5) is 0 Å². The van der Waals surface area contributed by atoms with E-state index in [1.807, 2.05) is 54.6 Å². The van der Waals surface area contributed by atoms with Gasteiger partial charge in [-0.05, 0) is 48.1 Å². The Morgan fingerprint density at radius 3 is 2.76 bits per heavy atom. The minimum absolute atomic E-state index is 0.101. The van der Waals surface area contributed by atoms with Gasteiger partial charge in [-0.2, -0.15) is 0 Å². The lowest BCUT2D eigenvalue weighted by Crippen LogP contribution is -2.16. The molecule has 1 N–H and O–H groups in total. The van der Waals surface area contributed by atoms with Gasteiger partial charge in [-0.1, -0.05) is 13.0 Å². The maximum absolute atomic E-state index is 11.7. The highest BCUT2D eigenvalue weighted by atomic mass is 127. The Kier molecular flexibility index (Phi) is 3.56. The van der Waals surface area contributed by atoms with Crippen LogP contribution in [0, 0.1) is 10.5 Å². The third kappa shape index (κ3) is 2.54. The van der Waals surface area contributed by atoms with Crippen molar-refractivity contribution in [1.82, 2.24) is 15.0 Å². The summed E-state index contributed by atoms with van der Waals surface area (Å²) in [7, 11) is 0. The van der Waals surface area contributed by atoms with E-state index in [9.17, 15) is 4.79 Å². The maximum Gasteiger partial charge on any atom is 0.264 e. The van der Waals surface area contributed by atoms with Crippen LogP contribution >= 0.6 is 22.6 Å². The number of nitrogens with zero attached hydrogens (tertiary/aromatic N) is 2. The lowest BCUT2D eigenvalue weighted by Gasteiger charge is -2.05. The Hall–Kier alpha value is -1.24. The Morgan fingerprint density at radius 2 is 2.12 bits per heavy atom. The normalized spacial score (nSPS) is 10.5. The van der Waals surface area contributed by atoms with Crippen molar-refractivity contribution in [1.29, 1.82) is 0 Å². The Bertz CT molecular complexity index is 607. The van der Waals surface area contributed by atoms with Gasteiger partial charge in [0, 0.05) is 5.69 Å². The van der Waals surface area contributed by atoms with Crippen molar-refractivity contribution in [3.05, 3.63) is 43.5 Å². The number of aromatic nitrogens is 3. The first-order valence-electron chi connectivity index (χ1n) is 5.34. The van der Waals surface area contributed by atoms with E-state index in [4.69, 9.17) is 0 Å². The van der Waals surface area contributed by atoms with Crippen molar-refractivity contribution in [2.75, 3.05) is 0 Å². The van der Waals surface area contributed by atoms with Crippen LogP contribution in [-0.2, 0) is 6.42 Å². The van der Waals surface area contributed by atoms with E-state index in [1.165, 1.54) is 0 Å². The topological polar surface area (TPSA) is 58.6 Å². The molecular formula is C12H12IN3O. The molecule has 0 atom stereocenters. The average molecular weight is 341 g/mol. The molecule has 2 aromatic rings. The van der Waals surface area contributed by atoms with E-state index in [0.29, 0.717) is 15.1 Å². The van der Waals surface area contributed by atoms with Crippen molar-refractivity contribution < 1.29 is 0 Å². The molecule has 0 aromatic carbocycles. The van der Waals surface area contributed by atoms with Gasteiger partial charge in [0.2, 0.25) is 0 Å². The lowest BCUT2D eigenvalue weighted by atomic mass is 10.2. The summed E-state index contributed by atoms with van der Waals surface area (Å²) in [5.74, 6) is 0.538. The second-order valence-electron chi connectivity index (χ2n) is 3.69. The van der Waals surface area contributed by atoms with Crippen LogP contribution in [0.15, 0.2) is 23.0 Å². The lowest BCUT2D eigenvalue weighted by molar-refractivity contribution is 0.960. The van der Waals surface area contributed by atoms with E-state index in [2.05, 4.69) is 15.0 Å². The van der Waals surface area contributed by atoms with Gasteiger partial charge in [-0.3, -0.25) is 4.79 Å². The van der Waals surface area contributed by atoms with Crippen LogP contribution in [0.2, 0.25) is 0 Å². The van der Waals surface area contributed by atoms with Gasteiger partial charge in [0.25, 0.3) is 5.56 Å². The summed E-state index contributed by atoms with van der Waals surface area (Å²) in [6, 6.07) is 5.66. The van der Waals surface area contributed by atoms with Gasteiger partial charge in [-0.25, -0.2) is 9.97 Å². The van der Waals surface area contributed by atoms with Gasteiger partial charge in [0.1, 0.15) is 5.69 Å². The van der Waals surface area contributed by atoms with Crippen LogP contribution in [0.1, 0.15) is 18.3 Å². The molecule has 0 saturated carbocycles. The summed E-state index contributed by atoms with van der Waals surface area (Å²) in [6.07, 6.45) is 0.737. The van der Waals surface area contributed by atoms with E-state index in [1.54, 1.807) is 0 Å². The predicted octanol–water partition coefficient (Wildman–Crippen LogP) is 2.31. The molecule has 0 bridgehead atoms. The monoisotopic (exact) mass is 341 g/mol. The summed E-state index contributed by atoms with van der Waals surface area (Å²) in [5.41, 5.74) is 2.32. The zero-order valence-corrected chi connectivity index (χ0v) is 11.8. The van der Waals surface area contributed by atoms with Crippen LogP contribution in [0.3, 0.4) is 0 Å². The fourth-order valence-electron chi connectivity index (χ4n) is 1.54. The third-order valence-electron chi connectivity index (χ3n) is 2.40. The van der Waals surface area contributed by atoms with Gasteiger partial charge in [-0.15, -0.1) is 0 Å². The third-order valence-corrected chi connectivity index (χ3v) is 3.51. The number of halogens is 1. The average Bonchev–Trinajstić information content (AvgIpc) is 2.32. The molecule has 0 amide bonds. The summed E-state index contributed by atoms with van der Waals surface area (Å²) >= 11 is 2.02. The number of hydrogen-bond acceptors (Lipinski definition) is 3. The number of hydrogen-bond donors (Lipinski definition) is 1. The van der Waals surface area contributed by atoms with E-state index in [-0.39, 0.29) is 5.56 Å². The molecule has 88 valence electrons. The largest absolute Gasteiger partial charge is 0.304 e. The van der Waals surface area contributed by atoms with E-state index >= 15 is 0 Å². The van der Waals surface area contributed by atoms with Crippen molar-refractivity contribution in [3.8, 4) is 11.5 Å². The molecule has 0 saturated heterocycles. The molecule has 0 aliphatic rings. The Balaban J connectivity index is 2.61. The smallest absolute Gasteiger partial charge is 0.264 e. The predicted molar refractivity (Wildman–Crippen MR) is 74.9 cm³/mol. The highest BCUT2D eigenvalue weighted by Gasteiger charge is 2.09. The Morgan fingerprint density at radius 1 is 1.35 bits per heavy atom. The molecule has 2 rings (SSSR count). The second kappa shape index (κ2) is 4.95. The number of nitrogens with one attached hydrogen (secondary N) is 1. The quantitative estimate of drug-likeness (QED) is 0.853. The highest BCUT2D eigenvalue weighted by molar-refractivity contribution is 14.1. The number of aromatic amines is 1. The van der Waals surface area contributed by atoms with Gasteiger partial charge in [0.05, 0.1) is 9.26 Å². The standard InChI is InChI=1S/C12H12IN3O/c1-3-8-10(13)12(17)16-11(15-8)9-6-4-5-7(2)14-9/h4-6H,3H2,1-2H3,(H,15,16,17). The van der Waals surface area contributed by atoms with Crippen molar-refractivity contribution in [2.45, 2.75) is 20.3 Å². The van der Waals surface area contributed by atoms with Crippen molar-refractivity contribution >= 4 is 22.6 Å². The van der Waals surface area contributed by atoms with Crippen molar-refractivity contribution in [2.24, 2.45) is 0 Å². The summed E-state index contributed by atoms with van der Waals surface area (Å²) in [4.78, 5) is 23.3. The molecule has 4 nitrogen and oxygen atoms in total. The zero-order chi connectivity index (χ0) is 12.4. The molecule has 2 aromatic heterocycles. The van der Waals surface area contributed by atoms with Gasteiger partial charge < -0.3 is 4.98 Å². The first-order chi connectivity index (χ1) is 8.11. The number of pyridine rings is 1. The summed E-state index contributed by atoms with van der Waals surface area (Å²) in [6.45, 7) is 3.90. The van der Waals surface area contributed by atoms with Crippen LogP contribution in [0.25, 0.3) is 11.5 Å². The first-order valence-corrected chi connectivity index (χ1v) is 6.42. The molecule has 5 heteroatoms. The molecular weight excluding hydrogens is 329 g/mol. The number of H-pyrrole nitrogens is 1. The maximum atomic E-state index is 11.7. The molecule has 17 heavy (non-hydrogen) atoms. The van der Waals surface area contributed by atoms with Crippen LogP contribution in [-0.4, -0.2) is 15.0 Å². The fraction of sp³-hybridized carbons (Fsp3) is 0.250. The van der Waals surface area contributed by atoms with Crippen LogP contribution < -0.4 is 5.56 Å². The summed E-state index contributed by atoms with van der Waals surface area (Å²) in [5, 5.41) is 0. The first kappa shape index (κ1) is 12.2. The Labute approximate surface area is 113 Å². The van der Waals surface area contributed by atoms with E-state index in [0.717, 1.165) is 17.8 Å².